The Labute approximate surface area is 197 Å². The van der Waals surface area contributed by atoms with Crippen LogP contribution in [0.3, 0.4) is 0 Å². The summed E-state index contributed by atoms with van der Waals surface area (Å²) in [5.41, 5.74) is 2.12. The molecule has 0 spiro atoms. The number of rotatable bonds is 6. The Hall–Kier alpha value is -2.39. The first-order valence-corrected chi connectivity index (χ1v) is 13.0. The highest BCUT2D eigenvalue weighted by Crippen LogP contribution is 2.25. The van der Waals surface area contributed by atoms with E-state index in [-0.39, 0.29) is 10.8 Å². The van der Waals surface area contributed by atoms with Crippen LogP contribution in [0.15, 0.2) is 70.3 Å². The number of amides is 1. The first kappa shape index (κ1) is 22.8. The standard InChI is InChI=1S/C23H24ClN3O3S2/c1-25(21-6-3-5-20(24)15-21)32(29,30)22-7-2-4-19(14-22)23(28)27-11-9-26(10-12-27)16-18-8-13-31-17-18/h2-8,13-15,17H,9-12,16H2,1H3. The molecule has 0 bridgehead atoms. The van der Waals surface area contributed by atoms with Crippen LogP contribution in [0, 0.1) is 0 Å². The number of nitrogens with zero attached hydrogens (tertiary/aromatic N) is 3. The highest BCUT2D eigenvalue weighted by Gasteiger charge is 2.26. The Morgan fingerprint density at radius 2 is 1.81 bits per heavy atom. The molecule has 0 radical (unpaired) electrons. The second kappa shape index (κ2) is 9.62. The number of hydrogen-bond donors (Lipinski definition) is 0. The Kier molecular flexibility index (Phi) is 6.85. The molecule has 168 valence electrons. The molecule has 1 saturated heterocycles. The zero-order valence-corrected chi connectivity index (χ0v) is 20.0. The number of sulfonamides is 1. The molecule has 1 aromatic heterocycles. The van der Waals surface area contributed by atoms with Gasteiger partial charge in [0.15, 0.2) is 0 Å². The molecule has 0 N–H and O–H groups in total. The van der Waals surface area contributed by atoms with E-state index < -0.39 is 10.0 Å². The van der Waals surface area contributed by atoms with Crippen molar-refractivity contribution in [2.75, 3.05) is 37.5 Å². The molecule has 32 heavy (non-hydrogen) atoms. The zero-order valence-electron chi connectivity index (χ0n) is 17.6. The van der Waals surface area contributed by atoms with E-state index >= 15 is 0 Å². The van der Waals surface area contributed by atoms with Gasteiger partial charge in [-0.1, -0.05) is 23.7 Å². The summed E-state index contributed by atoms with van der Waals surface area (Å²) < 4.78 is 27.5. The molecule has 2 aromatic carbocycles. The number of hydrogen-bond acceptors (Lipinski definition) is 5. The van der Waals surface area contributed by atoms with Gasteiger partial charge in [-0.3, -0.25) is 14.0 Å². The third-order valence-electron chi connectivity index (χ3n) is 5.56. The lowest BCUT2D eigenvalue weighted by atomic mass is 10.1. The average molecular weight is 490 g/mol. The van der Waals surface area contributed by atoms with Crippen LogP contribution < -0.4 is 4.31 Å². The number of thiophene rings is 1. The van der Waals surface area contributed by atoms with Crippen molar-refractivity contribution in [2.45, 2.75) is 11.4 Å². The molecular formula is C23H24ClN3O3S2. The van der Waals surface area contributed by atoms with Crippen LogP contribution in [-0.4, -0.2) is 57.4 Å². The predicted octanol–water partition coefficient (Wildman–Crippen LogP) is 4.18. The molecule has 3 aromatic rings. The Morgan fingerprint density at radius 1 is 1.06 bits per heavy atom. The summed E-state index contributed by atoms with van der Waals surface area (Å²) in [5, 5.41) is 4.66. The van der Waals surface area contributed by atoms with Gasteiger partial charge in [-0.2, -0.15) is 11.3 Å². The van der Waals surface area contributed by atoms with Crippen molar-refractivity contribution in [3.63, 3.8) is 0 Å². The molecule has 1 fully saturated rings. The van der Waals surface area contributed by atoms with Crippen molar-refractivity contribution in [1.82, 2.24) is 9.80 Å². The van der Waals surface area contributed by atoms with Crippen molar-refractivity contribution in [3.05, 3.63) is 81.5 Å². The van der Waals surface area contributed by atoms with E-state index in [1.54, 1.807) is 52.6 Å². The average Bonchev–Trinajstić information content (AvgIpc) is 3.32. The van der Waals surface area contributed by atoms with Crippen molar-refractivity contribution in [1.29, 1.82) is 0 Å². The Balaban J connectivity index is 1.46. The van der Waals surface area contributed by atoms with E-state index in [2.05, 4.69) is 21.7 Å². The highest BCUT2D eigenvalue weighted by atomic mass is 35.5. The fourth-order valence-electron chi connectivity index (χ4n) is 3.69. The summed E-state index contributed by atoms with van der Waals surface area (Å²) in [4.78, 5) is 17.3. The van der Waals surface area contributed by atoms with Crippen molar-refractivity contribution >= 4 is 44.6 Å². The molecule has 2 heterocycles. The van der Waals surface area contributed by atoms with Gasteiger partial charge in [0, 0.05) is 50.4 Å². The van der Waals surface area contributed by atoms with Gasteiger partial charge in [-0.15, -0.1) is 0 Å². The smallest absolute Gasteiger partial charge is 0.264 e. The highest BCUT2D eigenvalue weighted by molar-refractivity contribution is 7.92. The molecule has 0 unspecified atom stereocenters. The predicted molar refractivity (Wildman–Crippen MR) is 129 cm³/mol. The van der Waals surface area contributed by atoms with Crippen molar-refractivity contribution < 1.29 is 13.2 Å². The summed E-state index contributed by atoms with van der Waals surface area (Å²) in [6, 6.07) is 15.0. The third-order valence-corrected chi connectivity index (χ3v) is 8.31. The summed E-state index contributed by atoms with van der Waals surface area (Å²) >= 11 is 7.70. The van der Waals surface area contributed by atoms with Crippen molar-refractivity contribution in [3.8, 4) is 0 Å². The van der Waals surface area contributed by atoms with Crippen LogP contribution in [-0.2, 0) is 16.6 Å². The van der Waals surface area contributed by atoms with Gasteiger partial charge < -0.3 is 4.90 Å². The number of benzene rings is 2. The molecule has 0 aliphatic carbocycles. The van der Waals surface area contributed by atoms with Crippen LogP contribution in [0.4, 0.5) is 5.69 Å². The van der Waals surface area contributed by atoms with Gasteiger partial charge in [0.05, 0.1) is 10.6 Å². The molecule has 4 rings (SSSR count). The summed E-state index contributed by atoms with van der Waals surface area (Å²) in [6.45, 7) is 3.69. The number of carbonyl (C=O) groups excluding carboxylic acids is 1. The Morgan fingerprint density at radius 3 is 2.50 bits per heavy atom. The molecular weight excluding hydrogens is 466 g/mol. The Bertz CT molecular complexity index is 1190. The summed E-state index contributed by atoms with van der Waals surface area (Å²) in [7, 11) is -2.36. The van der Waals surface area contributed by atoms with Gasteiger partial charge in [0.2, 0.25) is 0 Å². The van der Waals surface area contributed by atoms with E-state index in [1.165, 1.54) is 29.0 Å². The molecule has 0 saturated carbocycles. The second-order valence-corrected chi connectivity index (χ2v) is 10.9. The maximum atomic E-state index is 13.1. The van der Waals surface area contributed by atoms with Crippen LogP contribution in [0.1, 0.15) is 15.9 Å². The fraction of sp³-hybridized carbons (Fsp3) is 0.261. The molecule has 1 aliphatic heterocycles. The minimum absolute atomic E-state index is 0.0712. The van der Waals surface area contributed by atoms with E-state index in [0.29, 0.717) is 29.4 Å². The van der Waals surface area contributed by atoms with Gasteiger partial charge >= 0.3 is 0 Å². The van der Waals surface area contributed by atoms with Crippen LogP contribution in [0.25, 0.3) is 0 Å². The first-order chi connectivity index (χ1) is 15.3. The van der Waals surface area contributed by atoms with E-state index in [4.69, 9.17) is 11.6 Å². The van der Waals surface area contributed by atoms with Crippen LogP contribution in [0.2, 0.25) is 5.02 Å². The van der Waals surface area contributed by atoms with E-state index in [0.717, 1.165) is 19.6 Å². The lowest BCUT2D eigenvalue weighted by Gasteiger charge is -2.34. The topological polar surface area (TPSA) is 60.9 Å². The van der Waals surface area contributed by atoms with Gasteiger partial charge in [0.25, 0.3) is 15.9 Å². The third kappa shape index (κ3) is 4.99. The second-order valence-electron chi connectivity index (χ2n) is 7.68. The molecule has 9 heteroatoms. The summed E-state index contributed by atoms with van der Waals surface area (Å²) in [5.74, 6) is -0.150. The van der Waals surface area contributed by atoms with Gasteiger partial charge in [-0.25, -0.2) is 8.42 Å². The van der Waals surface area contributed by atoms with Crippen molar-refractivity contribution in [2.24, 2.45) is 0 Å². The van der Waals surface area contributed by atoms with E-state index in [9.17, 15) is 13.2 Å². The normalized spacial score (nSPS) is 15.0. The van der Waals surface area contributed by atoms with Gasteiger partial charge in [-0.05, 0) is 58.8 Å². The van der Waals surface area contributed by atoms with E-state index in [1.807, 2.05) is 0 Å². The molecule has 0 atom stereocenters. The number of carbonyl (C=O) groups is 1. The number of halogens is 1. The maximum Gasteiger partial charge on any atom is 0.264 e. The minimum Gasteiger partial charge on any atom is -0.336 e. The lowest BCUT2D eigenvalue weighted by Crippen LogP contribution is -2.48. The van der Waals surface area contributed by atoms with Crippen LogP contribution in [0.5, 0.6) is 0 Å². The lowest BCUT2D eigenvalue weighted by molar-refractivity contribution is 0.0628. The summed E-state index contributed by atoms with van der Waals surface area (Å²) in [6.07, 6.45) is 0. The zero-order chi connectivity index (χ0) is 22.7. The minimum atomic E-state index is -3.84. The monoisotopic (exact) mass is 489 g/mol. The van der Waals surface area contributed by atoms with Crippen LogP contribution >= 0.6 is 22.9 Å². The maximum absolute atomic E-state index is 13.1. The molecule has 6 nitrogen and oxygen atoms in total. The largest absolute Gasteiger partial charge is 0.336 e. The number of anilines is 1. The quantitative estimate of drug-likeness (QED) is 0.521. The van der Waals surface area contributed by atoms with Gasteiger partial charge in [0.1, 0.15) is 0 Å². The molecule has 1 amide bonds. The fourth-order valence-corrected chi connectivity index (χ4v) is 5.77. The number of piperazine rings is 1. The first-order valence-electron chi connectivity index (χ1n) is 10.2. The SMILES string of the molecule is CN(c1cccc(Cl)c1)S(=O)(=O)c1cccc(C(=O)N2CCN(Cc3ccsc3)CC2)c1. The molecule has 1 aliphatic rings.